The summed E-state index contributed by atoms with van der Waals surface area (Å²) in [5.74, 6) is -0.267. The van der Waals surface area contributed by atoms with Gasteiger partial charge in [-0.2, -0.15) is 0 Å². The molecule has 2 heterocycles. The van der Waals surface area contributed by atoms with Gasteiger partial charge >= 0.3 is 5.97 Å². The highest BCUT2D eigenvalue weighted by atomic mass is 19.1. The number of aryl methyl sites for hydroxylation is 1. The summed E-state index contributed by atoms with van der Waals surface area (Å²) < 4.78 is 25.5. The van der Waals surface area contributed by atoms with E-state index in [0.717, 1.165) is 25.7 Å². The third-order valence-corrected chi connectivity index (χ3v) is 8.01. The van der Waals surface area contributed by atoms with Crippen LogP contribution in [0.25, 0.3) is 0 Å². The van der Waals surface area contributed by atoms with Gasteiger partial charge in [-0.25, -0.2) is 4.39 Å². The molecule has 164 valence electrons. The smallest absolute Gasteiger partial charge is 0.310 e. The number of halogens is 1. The molecule has 1 spiro atoms. The predicted octanol–water partition coefficient (Wildman–Crippen LogP) is 2.29. The predicted molar refractivity (Wildman–Crippen MR) is 105 cm³/mol. The molecule has 1 aromatic heterocycles. The third-order valence-electron chi connectivity index (χ3n) is 8.01. The summed E-state index contributed by atoms with van der Waals surface area (Å²) in [4.78, 5) is 26.3. The Labute approximate surface area is 175 Å². The molecular weight excluding hydrogens is 389 g/mol. The molecule has 5 rings (SSSR count). The van der Waals surface area contributed by atoms with Crippen LogP contribution < -0.4 is 10.6 Å². The van der Waals surface area contributed by atoms with Crippen LogP contribution in [0, 0.1) is 36.0 Å². The highest BCUT2D eigenvalue weighted by Crippen LogP contribution is 2.74. The lowest BCUT2D eigenvalue weighted by Crippen LogP contribution is -2.45. The maximum Gasteiger partial charge on any atom is 0.310 e. The number of carbonyl (C=O) groups excluding carboxylic acids is 2. The van der Waals surface area contributed by atoms with Crippen LogP contribution in [-0.4, -0.2) is 42.4 Å². The van der Waals surface area contributed by atoms with Gasteiger partial charge in [-0.05, 0) is 75.8 Å². The quantitative estimate of drug-likeness (QED) is 0.688. The van der Waals surface area contributed by atoms with E-state index < -0.39 is 17.5 Å². The molecule has 8 heteroatoms. The van der Waals surface area contributed by atoms with Crippen LogP contribution in [0.1, 0.15) is 50.0 Å². The van der Waals surface area contributed by atoms with Crippen molar-refractivity contribution < 1.29 is 23.2 Å². The Morgan fingerprint density at radius 1 is 1.23 bits per heavy atom. The summed E-state index contributed by atoms with van der Waals surface area (Å²) in [7, 11) is 0. The van der Waals surface area contributed by atoms with Gasteiger partial charge in [-0.3, -0.25) is 9.59 Å². The van der Waals surface area contributed by atoms with Crippen molar-refractivity contribution in [1.29, 1.82) is 0 Å². The number of rotatable bonds is 6. The Kier molecular flexibility index (Phi) is 4.87. The number of nitrogens with one attached hydrogen (secondary N) is 2. The maximum absolute atomic E-state index is 14.9. The summed E-state index contributed by atoms with van der Waals surface area (Å²) in [5, 5.41) is 10.00. The molecule has 1 aromatic rings. The average molecular weight is 419 g/mol. The Morgan fingerprint density at radius 2 is 1.93 bits per heavy atom. The van der Waals surface area contributed by atoms with Crippen molar-refractivity contribution in [3.63, 3.8) is 0 Å². The van der Waals surface area contributed by atoms with Gasteiger partial charge in [0.15, 0.2) is 0 Å². The summed E-state index contributed by atoms with van der Waals surface area (Å²) in [6.07, 6.45) is 4.80. The van der Waals surface area contributed by atoms with Gasteiger partial charge in [0, 0.05) is 6.07 Å². The zero-order valence-electron chi connectivity index (χ0n) is 17.4. The molecule has 2 N–H and O–H groups in total. The Bertz CT molecular complexity index is 830. The highest BCUT2D eigenvalue weighted by molar-refractivity contribution is 5.87. The number of carbonyl (C=O) groups is 2. The molecule has 4 atom stereocenters. The van der Waals surface area contributed by atoms with Crippen LogP contribution in [0.15, 0.2) is 10.6 Å². The lowest BCUT2D eigenvalue weighted by Gasteiger charge is -2.32. The van der Waals surface area contributed by atoms with Crippen molar-refractivity contribution >= 4 is 11.9 Å². The molecule has 0 radical (unpaired) electrons. The molecule has 1 saturated heterocycles. The largest absolute Gasteiger partial charge is 0.462 e. The first-order valence-corrected chi connectivity index (χ1v) is 11.2. The monoisotopic (exact) mass is 419 g/mol. The SMILES string of the molecule is Cc1cc(CNC(=O)[C@H]2[C@H](C(=O)OCC3(F)CCNCC3)[C@H]3CC[C@@H]2C32CC2)no1. The van der Waals surface area contributed by atoms with Crippen molar-refractivity contribution in [3.05, 3.63) is 17.5 Å². The number of aromatic nitrogens is 1. The zero-order chi connectivity index (χ0) is 20.9. The van der Waals surface area contributed by atoms with Gasteiger partial charge in [0.25, 0.3) is 0 Å². The van der Waals surface area contributed by atoms with Crippen molar-refractivity contribution in [2.75, 3.05) is 19.7 Å². The van der Waals surface area contributed by atoms with Gasteiger partial charge in [0.05, 0.1) is 18.4 Å². The molecule has 4 fully saturated rings. The molecule has 0 aromatic carbocycles. The number of ether oxygens (including phenoxy) is 1. The minimum absolute atomic E-state index is 0.118. The van der Waals surface area contributed by atoms with Gasteiger partial charge in [0.2, 0.25) is 5.91 Å². The molecular formula is C22H30FN3O4. The number of alkyl halides is 1. The summed E-state index contributed by atoms with van der Waals surface area (Å²) in [5.41, 5.74) is -0.675. The van der Waals surface area contributed by atoms with Gasteiger partial charge in [0.1, 0.15) is 23.7 Å². The van der Waals surface area contributed by atoms with Crippen molar-refractivity contribution in [3.8, 4) is 0 Å². The lowest BCUT2D eigenvalue weighted by molar-refractivity contribution is -0.160. The van der Waals surface area contributed by atoms with E-state index >= 15 is 0 Å². The van der Waals surface area contributed by atoms with Crippen molar-refractivity contribution in [2.24, 2.45) is 29.1 Å². The number of hydrogen-bond acceptors (Lipinski definition) is 6. The van der Waals surface area contributed by atoms with E-state index in [1.807, 2.05) is 0 Å². The van der Waals surface area contributed by atoms with E-state index in [1.54, 1.807) is 13.0 Å². The summed E-state index contributed by atoms with van der Waals surface area (Å²) >= 11 is 0. The standard InChI is InChI=1S/C22H30FN3O4/c1-13-10-14(26-30-13)11-25-19(27)17-15-2-3-16(22(15)4-5-22)18(17)20(28)29-12-21(23)6-8-24-9-7-21/h10,15-18,24H,2-9,11-12H2,1H3,(H,25,27)/t15-,16+,17+,18+/m0/s1. The molecule has 1 aliphatic heterocycles. The molecule has 1 amide bonds. The second-order valence-electron chi connectivity index (χ2n) is 9.73. The normalized spacial score (nSPS) is 32.9. The Hall–Kier alpha value is -1.96. The second kappa shape index (κ2) is 7.32. The van der Waals surface area contributed by atoms with Crippen molar-refractivity contribution in [1.82, 2.24) is 15.8 Å². The molecule has 3 saturated carbocycles. The number of hydrogen-bond donors (Lipinski definition) is 2. The molecule has 7 nitrogen and oxygen atoms in total. The fourth-order valence-electron chi connectivity index (χ4n) is 6.44. The third kappa shape index (κ3) is 3.33. The van der Waals surface area contributed by atoms with Crippen LogP contribution in [0.3, 0.4) is 0 Å². The van der Waals surface area contributed by atoms with Gasteiger partial charge in [-0.1, -0.05) is 5.16 Å². The molecule has 0 unspecified atom stereocenters. The lowest BCUT2D eigenvalue weighted by atomic mass is 9.78. The minimum atomic E-state index is -1.46. The summed E-state index contributed by atoms with van der Waals surface area (Å²) in [6, 6.07) is 1.79. The maximum atomic E-state index is 14.9. The van der Waals surface area contributed by atoms with E-state index in [0.29, 0.717) is 37.4 Å². The average Bonchev–Trinajstić information content (AvgIpc) is 3.22. The fourth-order valence-corrected chi connectivity index (χ4v) is 6.44. The van der Waals surface area contributed by atoms with Crippen LogP contribution >= 0.6 is 0 Å². The Balaban J connectivity index is 1.28. The second-order valence-corrected chi connectivity index (χ2v) is 9.73. The summed E-state index contributed by atoms with van der Waals surface area (Å²) in [6.45, 7) is 3.06. The van der Waals surface area contributed by atoms with Gasteiger partial charge < -0.3 is 19.9 Å². The highest BCUT2D eigenvalue weighted by Gasteiger charge is 2.72. The Morgan fingerprint density at radius 3 is 2.57 bits per heavy atom. The number of nitrogens with zero attached hydrogens (tertiary/aromatic N) is 1. The first-order chi connectivity index (χ1) is 14.4. The van der Waals surface area contributed by atoms with Crippen LogP contribution in [0.4, 0.5) is 4.39 Å². The van der Waals surface area contributed by atoms with Crippen molar-refractivity contribution in [2.45, 2.75) is 57.7 Å². The first-order valence-electron chi connectivity index (χ1n) is 11.2. The van der Waals surface area contributed by atoms with Crippen LogP contribution in [0.2, 0.25) is 0 Å². The topological polar surface area (TPSA) is 93.5 Å². The fraction of sp³-hybridized carbons (Fsp3) is 0.773. The minimum Gasteiger partial charge on any atom is -0.462 e. The first kappa shape index (κ1) is 20.0. The molecule has 3 aliphatic carbocycles. The number of piperidine rings is 1. The number of esters is 1. The van der Waals surface area contributed by atoms with E-state index in [1.165, 1.54) is 0 Å². The zero-order valence-corrected chi connectivity index (χ0v) is 17.4. The van der Waals surface area contributed by atoms with E-state index in [2.05, 4.69) is 15.8 Å². The van der Waals surface area contributed by atoms with Crippen LogP contribution in [-0.2, 0) is 20.9 Å². The number of amides is 1. The molecule has 4 aliphatic rings. The van der Waals surface area contributed by atoms with E-state index in [-0.39, 0.29) is 42.3 Å². The van der Waals surface area contributed by atoms with E-state index in [9.17, 15) is 14.0 Å². The molecule has 30 heavy (non-hydrogen) atoms. The molecule has 2 bridgehead atoms. The van der Waals surface area contributed by atoms with Gasteiger partial charge in [-0.15, -0.1) is 0 Å². The van der Waals surface area contributed by atoms with Crippen LogP contribution in [0.5, 0.6) is 0 Å². The van der Waals surface area contributed by atoms with E-state index in [4.69, 9.17) is 9.26 Å².